The molecule has 0 fully saturated rings. The zero-order valence-corrected chi connectivity index (χ0v) is 10.9. The van der Waals surface area contributed by atoms with Crippen molar-refractivity contribution in [1.29, 1.82) is 0 Å². The monoisotopic (exact) mass is 274 g/mol. The molecule has 4 heteroatoms. The van der Waals surface area contributed by atoms with Crippen LogP contribution in [0.3, 0.4) is 0 Å². The van der Waals surface area contributed by atoms with Gasteiger partial charge in [0.05, 0.1) is 6.61 Å². The molecule has 1 atom stereocenters. The Morgan fingerprint density at radius 1 is 1.05 bits per heavy atom. The quantitative estimate of drug-likeness (QED) is 0.931. The summed E-state index contributed by atoms with van der Waals surface area (Å²) < 4.78 is 23.5. The molecule has 0 saturated heterocycles. The smallest absolute Gasteiger partial charge is 0.231 e. The van der Waals surface area contributed by atoms with E-state index in [1.54, 1.807) is 12.1 Å². The number of aliphatic hydroxyl groups is 1. The summed E-state index contributed by atoms with van der Waals surface area (Å²) in [6.07, 6.45) is 0.649. The number of aliphatic hydroxyl groups excluding tert-OH is 1. The van der Waals surface area contributed by atoms with Crippen LogP contribution in [0.25, 0.3) is 0 Å². The van der Waals surface area contributed by atoms with Crippen molar-refractivity contribution in [3.8, 4) is 11.5 Å². The molecule has 1 aliphatic rings. The van der Waals surface area contributed by atoms with Gasteiger partial charge in [-0.3, -0.25) is 0 Å². The summed E-state index contributed by atoms with van der Waals surface area (Å²) in [4.78, 5) is 0. The van der Waals surface area contributed by atoms with Crippen LogP contribution in [0.5, 0.6) is 11.5 Å². The highest BCUT2D eigenvalue weighted by molar-refractivity contribution is 5.45. The van der Waals surface area contributed by atoms with E-state index in [0.717, 1.165) is 16.9 Å². The van der Waals surface area contributed by atoms with Crippen LogP contribution in [-0.2, 0) is 6.42 Å². The predicted molar refractivity (Wildman–Crippen MR) is 72.5 cm³/mol. The Morgan fingerprint density at radius 3 is 2.55 bits per heavy atom. The topological polar surface area (TPSA) is 38.7 Å². The van der Waals surface area contributed by atoms with Gasteiger partial charge in [-0.25, -0.2) is 4.39 Å². The number of halogens is 1. The van der Waals surface area contributed by atoms with Crippen LogP contribution in [-0.4, -0.2) is 18.5 Å². The van der Waals surface area contributed by atoms with Gasteiger partial charge in [-0.15, -0.1) is 0 Å². The molecule has 1 unspecified atom stereocenters. The molecule has 0 aromatic heterocycles. The van der Waals surface area contributed by atoms with E-state index in [1.807, 2.05) is 18.2 Å². The minimum atomic E-state index is -0.252. The van der Waals surface area contributed by atoms with Gasteiger partial charge < -0.3 is 14.6 Å². The van der Waals surface area contributed by atoms with Crippen LogP contribution in [0, 0.1) is 5.82 Å². The Kier molecular flexibility index (Phi) is 3.56. The summed E-state index contributed by atoms with van der Waals surface area (Å²) in [6.45, 7) is 0.261. The van der Waals surface area contributed by atoms with E-state index in [9.17, 15) is 9.50 Å². The zero-order valence-electron chi connectivity index (χ0n) is 10.9. The van der Waals surface area contributed by atoms with Gasteiger partial charge in [0.25, 0.3) is 0 Å². The van der Waals surface area contributed by atoms with Crippen LogP contribution >= 0.6 is 0 Å². The van der Waals surface area contributed by atoms with Crippen LogP contribution < -0.4 is 9.47 Å². The third-order valence-corrected chi connectivity index (χ3v) is 3.48. The van der Waals surface area contributed by atoms with E-state index in [2.05, 4.69) is 0 Å². The van der Waals surface area contributed by atoms with Crippen molar-refractivity contribution in [2.45, 2.75) is 12.3 Å². The number of fused-ring (bicyclic) bond motifs is 1. The highest BCUT2D eigenvalue weighted by atomic mass is 19.1. The third kappa shape index (κ3) is 2.60. The molecule has 20 heavy (non-hydrogen) atoms. The Labute approximate surface area is 116 Å². The Morgan fingerprint density at radius 2 is 1.80 bits per heavy atom. The van der Waals surface area contributed by atoms with Crippen LogP contribution in [0.15, 0.2) is 42.5 Å². The molecule has 0 aliphatic carbocycles. The van der Waals surface area contributed by atoms with Crippen molar-refractivity contribution in [1.82, 2.24) is 0 Å². The van der Waals surface area contributed by atoms with Crippen molar-refractivity contribution in [3.63, 3.8) is 0 Å². The van der Waals surface area contributed by atoms with E-state index in [0.29, 0.717) is 12.2 Å². The van der Waals surface area contributed by atoms with E-state index >= 15 is 0 Å². The number of hydrogen-bond donors (Lipinski definition) is 1. The molecular formula is C16H15FO3. The first-order valence-corrected chi connectivity index (χ1v) is 6.51. The summed E-state index contributed by atoms with van der Waals surface area (Å²) in [5.74, 6) is 1.14. The van der Waals surface area contributed by atoms with Gasteiger partial charge in [0.15, 0.2) is 11.5 Å². The van der Waals surface area contributed by atoms with E-state index in [1.165, 1.54) is 12.1 Å². The molecule has 3 nitrogen and oxygen atoms in total. The first kappa shape index (κ1) is 12.9. The van der Waals surface area contributed by atoms with Crippen LogP contribution in [0.2, 0.25) is 0 Å². The molecule has 1 heterocycles. The Balaban J connectivity index is 1.81. The van der Waals surface area contributed by atoms with Crippen molar-refractivity contribution >= 4 is 0 Å². The lowest BCUT2D eigenvalue weighted by Crippen LogP contribution is -2.07. The van der Waals surface area contributed by atoms with Crippen LogP contribution in [0.4, 0.5) is 4.39 Å². The summed E-state index contributed by atoms with van der Waals surface area (Å²) in [7, 11) is 0. The second kappa shape index (κ2) is 5.51. The molecule has 3 rings (SSSR count). The fourth-order valence-electron chi connectivity index (χ4n) is 2.36. The maximum Gasteiger partial charge on any atom is 0.231 e. The fourth-order valence-corrected chi connectivity index (χ4v) is 2.36. The summed E-state index contributed by atoms with van der Waals surface area (Å²) in [5, 5.41) is 9.60. The zero-order chi connectivity index (χ0) is 13.9. The van der Waals surface area contributed by atoms with Gasteiger partial charge in [0, 0.05) is 5.92 Å². The highest BCUT2D eigenvalue weighted by Crippen LogP contribution is 2.35. The first-order chi connectivity index (χ1) is 9.76. The molecule has 1 aliphatic heterocycles. The van der Waals surface area contributed by atoms with Gasteiger partial charge in [0.2, 0.25) is 6.79 Å². The van der Waals surface area contributed by atoms with Crippen LogP contribution in [0.1, 0.15) is 17.0 Å². The molecule has 1 N–H and O–H groups in total. The lowest BCUT2D eigenvalue weighted by atomic mass is 9.92. The maximum absolute atomic E-state index is 12.9. The minimum absolute atomic E-state index is 0.0248. The third-order valence-electron chi connectivity index (χ3n) is 3.48. The first-order valence-electron chi connectivity index (χ1n) is 6.51. The standard InChI is InChI=1S/C16H15FO3/c17-14-4-1-11(2-5-14)7-13(9-18)12-3-6-15-16(8-12)20-10-19-15/h1-6,8,13,18H,7,9-10H2. The molecule has 0 spiro atoms. The molecule has 0 amide bonds. The Bertz CT molecular complexity index is 595. The normalized spacial score (nSPS) is 14.3. The van der Waals surface area contributed by atoms with E-state index in [4.69, 9.17) is 9.47 Å². The van der Waals surface area contributed by atoms with Crippen molar-refractivity contribution in [3.05, 3.63) is 59.4 Å². The molecule has 104 valence electrons. The van der Waals surface area contributed by atoms with Crippen molar-refractivity contribution in [2.24, 2.45) is 0 Å². The molecule has 2 aromatic rings. The highest BCUT2D eigenvalue weighted by Gasteiger charge is 2.18. The molecule has 2 aromatic carbocycles. The average Bonchev–Trinajstić information content (AvgIpc) is 2.94. The minimum Gasteiger partial charge on any atom is -0.454 e. The number of rotatable bonds is 4. The number of hydrogen-bond acceptors (Lipinski definition) is 3. The molecular weight excluding hydrogens is 259 g/mol. The second-order valence-corrected chi connectivity index (χ2v) is 4.82. The Hall–Kier alpha value is -2.07. The fraction of sp³-hybridized carbons (Fsp3) is 0.250. The summed E-state index contributed by atoms with van der Waals surface area (Å²) in [6, 6.07) is 12.0. The molecule has 0 bridgehead atoms. The molecule has 0 radical (unpaired) electrons. The second-order valence-electron chi connectivity index (χ2n) is 4.82. The van der Waals surface area contributed by atoms with Gasteiger partial charge in [0.1, 0.15) is 5.82 Å². The summed E-state index contributed by atoms with van der Waals surface area (Å²) >= 11 is 0. The van der Waals surface area contributed by atoms with Gasteiger partial charge in [-0.2, -0.15) is 0 Å². The van der Waals surface area contributed by atoms with E-state index in [-0.39, 0.29) is 25.1 Å². The number of ether oxygens (including phenoxy) is 2. The predicted octanol–water partition coefficient (Wildman–Crippen LogP) is 2.87. The largest absolute Gasteiger partial charge is 0.454 e. The SMILES string of the molecule is OCC(Cc1ccc(F)cc1)c1ccc2c(c1)OCO2. The van der Waals surface area contributed by atoms with E-state index < -0.39 is 0 Å². The average molecular weight is 274 g/mol. The lowest BCUT2D eigenvalue weighted by Gasteiger charge is -2.15. The van der Waals surface area contributed by atoms with Gasteiger partial charge in [-0.05, 0) is 41.8 Å². The van der Waals surface area contributed by atoms with Gasteiger partial charge in [-0.1, -0.05) is 18.2 Å². The lowest BCUT2D eigenvalue weighted by molar-refractivity contribution is 0.174. The molecule has 0 saturated carbocycles. The van der Waals surface area contributed by atoms with Crippen molar-refractivity contribution < 1.29 is 19.0 Å². The van der Waals surface area contributed by atoms with Crippen molar-refractivity contribution in [2.75, 3.05) is 13.4 Å². The van der Waals surface area contributed by atoms with Gasteiger partial charge >= 0.3 is 0 Å². The maximum atomic E-state index is 12.9. The number of benzene rings is 2. The summed E-state index contributed by atoms with van der Waals surface area (Å²) in [5.41, 5.74) is 1.98.